The first-order valence-corrected chi connectivity index (χ1v) is 12.0. The zero-order chi connectivity index (χ0) is 27.9. The number of nitrogens with zero attached hydrogens (tertiary/aromatic N) is 1. The summed E-state index contributed by atoms with van der Waals surface area (Å²) < 4.78 is 16.9. The molecule has 2 N–H and O–H groups in total. The fraction of sp³-hybridized carbons (Fsp3) is 0.276. The molecule has 0 heterocycles. The fourth-order valence-corrected chi connectivity index (χ4v) is 3.32. The molecule has 0 aliphatic rings. The second-order valence-corrected chi connectivity index (χ2v) is 9.66. The summed E-state index contributed by atoms with van der Waals surface area (Å²) in [6, 6.07) is 18.8. The number of nitrogens with one attached hydrogen (secondary N) is 1. The Balaban J connectivity index is 0.00000533. The van der Waals surface area contributed by atoms with E-state index in [9.17, 15) is 14.4 Å². The minimum Gasteiger partial charge on any atom is -0.489 e. The minimum atomic E-state index is -1.10. The van der Waals surface area contributed by atoms with Gasteiger partial charge < -0.3 is 24.6 Å². The summed E-state index contributed by atoms with van der Waals surface area (Å²) >= 11 is 0. The summed E-state index contributed by atoms with van der Waals surface area (Å²) in [6.45, 7) is 7.25. The first-order chi connectivity index (χ1) is 17.9. The van der Waals surface area contributed by atoms with Gasteiger partial charge in [0.1, 0.15) is 23.7 Å². The molecule has 2 amide bonds. The van der Waals surface area contributed by atoms with Crippen molar-refractivity contribution in [1.29, 1.82) is 0 Å². The molecule has 0 spiro atoms. The van der Waals surface area contributed by atoms with Gasteiger partial charge in [0.25, 0.3) is 5.91 Å². The summed E-state index contributed by atoms with van der Waals surface area (Å²) in [5, 5.41) is 11.9. The Hall–Kier alpha value is -3.43. The van der Waals surface area contributed by atoms with Crippen LogP contribution in [0.5, 0.6) is 11.5 Å². The van der Waals surface area contributed by atoms with Gasteiger partial charge in [0, 0.05) is 45.8 Å². The molecular formula is C29H32N2O7Y. The summed E-state index contributed by atoms with van der Waals surface area (Å²) in [4.78, 5) is 37.9. The molecule has 39 heavy (non-hydrogen) atoms. The van der Waals surface area contributed by atoms with Gasteiger partial charge in [0.05, 0.1) is 16.9 Å². The topological polar surface area (TPSA) is 114 Å². The molecule has 203 valence electrons. The molecule has 3 rings (SSSR count). The first-order valence-electron chi connectivity index (χ1n) is 12.0. The Bertz CT molecular complexity index is 1300. The van der Waals surface area contributed by atoms with Gasteiger partial charge in [-0.05, 0) is 63.6 Å². The molecule has 0 bridgehead atoms. The second-order valence-electron chi connectivity index (χ2n) is 9.66. The Morgan fingerprint density at radius 2 is 1.59 bits per heavy atom. The van der Waals surface area contributed by atoms with E-state index in [1.165, 1.54) is 30.1 Å². The van der Waals surface area contributed by atoms with Crippen LogP contribution in [0.4, 0.5) is 16.2 Å². The quantitative estimate of drug-likeness (QED) is 0.322. The fourth-order valence-electron chi connectivity index (χ4n) is 3.32. The average molecular weight is 609 g/mol. The molecule has 10 heteroatoms. The number of hydrogen-bond donors (Lipinski definition) is 2. The minimum absolute atomic E-state index is 0. The maximum Gasteiger partial charge on any atom is 0.414 e. The Morgan fingerprint density at radius 1 is 0.923 bits per heavy atom. The number of carboxylic acid groups (broad SMARTS) is 1. The molecule has 0 saturated heterocycles. The molecule has 3 aromatic carbocycles. The van der Waals surface area contributed by atoms with Crippen LogP contribution in [0.2, 0.25) is 0 Å². The van der Waals surface area contributed by atoms with Crippen LogP contribution >= 0.6 is 0 Å². The SMILES string of the molecule is Cc1ccc(COc2ccc(NC(=O)COc3cccc(C(=O)O)c3)c(N(C)C(=O)OC(C)(C)C)c2)cc1.[Y]. The predicted molar refractivity (Wildman–Crippen MR) is 144 cm³/mol. The van der Waals surface area contributed by atoms with Gasteiger partial charge in [-0.25, -0.2) is 9.59 Å². The summed E-state index contributed by atoms with van der Waals surface area (Å²) in [7, 11) is 1.54. The van der Waals surface area contributed by atoms with E-state index in [4.69, 9.17) is 19.3 Å². The third kappa shape index (κ3) is 10.00. The van der Waals surface area contributed by atoms with Gasteiger partial charge in [-0.1, -0.05) is 35.9 Å². The van der Waals surface area contributed by atoms with Crippen LogP contribution in [-0.4, -0.2) is 42.3 Å². The number of aromatic carboxylic acids is 1. The van der Waals surface area contributed by atoms with Gasteiger partial charge in [0.15, 0.2) is 6.61 Å². The predicted octanol–water partition coefficient (Wildman–Crippen LogP) is 5.66. The molecule has 1 radical (unpaired) electrons. The normalized spacial score (nSPS) is 10.6. The summed E-state index contributed by atoms with van der Waals surface area (Å²) in [5.41, 5.74) is 2.17. The average Bonchev–Trinajstić information content (AvgIpc) is 2.86. The van der Waals surface area contributed by atoms with Gasteiger partial charge in [-0.15, -0.1) is 0 Å². The van der Waals surface area contributed by atoms with E-state index in [1.54, 1.807) is 45.0 Å². The van der Waals surface area contributed by atoms with Crippen molar-refractivity contribution in [3.8, 4) is 11.5 Å². The largest absolute Gasteiger partial charge is 0.489 e. The third-order valence-corrected chi connectivity index (χ3v) is 5.25. The zero-order valence-electron chi connectivity index (χ0n) is 22.7. The molecule has 0 aliphatic carbocycles. The van der Waals surface area contributed by atoms with Crippen molar-refractivity contribution in [2.24, 2.45) is 0 Å². The van der Waals surface area contributed by atoms with Crippen molar-refractivity contribution in [2.75, 3.05) is 23.9 Å². The van der Waals surface area contributed by atoms with Gasteiger partial charge in [-0.2, -0.15) is 0 Å². The number of anilines is 2. The van der Waals surface area contributed by atoms with Crippen molar-refractivity contribution in [1.82, 2.24) is 0 Å². The maximum atomic E-state index is 12.8. The van der Waals surface area contributed by atoms with Crippen molar-refractivity contribution in [2.45, 2.75) is 39.9 Å². The second kappa shape index (κ2) is 14.1. The Kier molecular flexibility index (Phi) is 11.5. The number of ether oxygens (including phenoxy) is 3. The monoisotopic (exact) mass is 609 g/mol. The van der Waals surface area contributed by atoms with Crippen molar-refractivity contribution >= 4 is 29.3 Å². The maximum absolute atomic E-state index is 12.8. The van der Waals surface area contributed by atoms with Crippen LogP contribution in [0.3, 0.4) is 0 Å². The van der Waals surface area contributed by atoms with Crippen LogP contribution in [-0.2, 0) is 48.8 Å². The number of aryl methyl sites for hydroxylation is 1. The molecule has 0 aromatic heterocycles. The number of amides is 2. The molecule has 3 aromatic rings. The number of rotatable bonds is 9. The number of hydrogen-bond acceptors (Lipinski definition) is 6. The summed E-state index contributed by atoms with van der Waals surface area (Å²) in [5.74, 6) is -0.862. The number of carbonyl (C=O) groups is 3. The van der Waals surface area contributed by atoms with E-state index in [0.29, 0.717) is 23.7 Å². The zero-order valence-corrected chi connectivity index (χ0v) is 25.5. The Labute approximate surface area is 253 Å². The number of benzene rings is 3. The van der Waals surface area contributed by atoms with E-state index >= 15 is 0 Å². The van der Waals surface area contributed by atoms with Crippen LogP contribution in [0, 0.1) is 6.92 Å². The van der Waals surface area contributed by atoms with Gasteiger partial charge in [-0.3, -0.25) is 9.69 Å². The third-order valence-electron chi connectivity index (χ3n) is 5.25. The van der Waals surface area contributed by atoms with Crippen molar-refractivity contribution in [3.63, 3.8) is 0 Å². The molecule has 0 atom stereocenters. The van der Waals surface area contributed by atoms with E-state index in [0.717, 1.165) is 11.1 Å². The Morgan fingerprint density at radius 3 is 2.23 bits per heavy atom. The van der Waals surface area contributed by atoms with Crippen LogP contribution < -0.4 is 19.7 Å². The molecule has 0 aliphatic heterocycles. The molecule has 0 saturated carbocycles. The van der Waals surface area contributed by atoms with E-state index < -0.39 is 23.6 Å². The van der Waals surface area contributed by atoms with Crippen LogP contribution in [0.15, 0.2) is 66.7 Å². The van der Waals surface area contributed by atoms with E-state index in [2.05, 4.69) is 5.32 Å². The number of carbonyl (C=O) groups excluding carboxylic acids is 2. The summed E-state index contributed by atoms with van der Waals surface area (Å²) in [6.07, 6.45) is -0.606. The van der Waals surface area contributed by atoms with E-state index in [-0.39, 0.29) is 50.6 Å². The van der Waals surface area contributed by atoms with Crippen LogP contribution in [0.1, 0.15) is 42.3 Å². The van der Waals surface area contributed by atoms with E-state index in [1.807, 2.05) is 31.2 Å². The van der Waals surface area contributed by atoms with Crippen molar-refractivity contribution < 1.29 is 66.4 Å². The van der Waals surface area contributed by atoms with Crippen LogP contribution in [0.25, 0.3) is 0 Å². The molecule has 0 fully saturated rings. The number of carboxylic acids is 1. The molecule has 9 nitrogen and oxygen atoms in total. The molecular weight excluding hydrogens is 577 g/mol. The van der Waals surface area contributed by atoms with Crippen molar-refractivity contribution in [3.05, 3.63) is 83.4 Å². The standard InChI is InChI=1S/C29H32N2O7.Y/c1-19-9-11-20(12-10-19)17-36-23-13-14-24(25(16-23)31(5)28(35)38-29(2,3)4)30-26(32)18-37-22-8-6-7-21(15-22)27(33)34;/h6-16H,17-18H2,1-5H3,(H,30,32)(H,33,34);. The van der Waals surface area contributed by atoms with Gasteiger partial charge in [0.2, 0.25) is 0 Å². The first kappa shape index (κ1) is 31.8. The van der Waals surface area contributed by atoms with Gasteiger partial charge >= 0.3 is 12.1 Å². The smallest absolute Gasteiger partial charge is 0.414 e. The molecule has 0 unspecified atom stereocenters.